The summed E-state index contributed by atoms with van der Waals surface area (Å²) < 4.78 is 11.2. The molecule has 1 N–H and O–H groups in total. The van der Waals surface area contributed by atoms with E-state index in [1.807, 2.05) is 53.4 Å². The van der Waals surface area contributed by atoms with Gasteiger partial charge >= 0.3 is 5.97 Å². The molecule has 2 aromatic carbocycles. The van der Waals surface area contributed by atoms with Crippen LogP contribution in [0, 0.1) is 5.92 Å². The number of hydrogen-bond acceptors (Lipinski definition) is 4. The van der Waals surface area contributed by atoms with Crippen molar-refractivity contribution in [2.45, 2.75) is 33.5 Å². The molecule has 148 valence electrons. The number of esters is 1. The molecule has 1 aliphatic heterocycles. The Kier molecular flexibility index (Phi) is 6.19. The number of guanidine groups is 1. The van der Waals surface area contributed by atoms with Crippen LogP contribution in [0.15, 0.2) is 53.5 Å². The van der Waals surface area contributed by atoms with Crippen LogP contribution in [0.1, 0.15) is 38.1 Å². The number of benzene rings is 2. The van der Waals surface area contributed by atoms with Gasteiger partial charge in [-0.1, -0.05) is 50.2 Å². The Balaban J connectivity index is 2.05. The minimum Gasteiger partial charge on any atom is -0.496 e. The Morgan fingerprint density at radius 3 is 2.61 bits per heavy atom. The van der Waals surface area contributed by atoms with Crippen molar-refractivity contribution in [3.63, 3.8) is 0 Å². The smallest absolute Gasteiger partial charge is 0.304 e. The first-order chi connectivity index (χ1) is 13.5. The number of fused-ring (bicyclic) bond motifs is 1. The Bertz CT molecular complexity index is 864. The van der Waals surface area contributed by atoms with Gasteiger partial charge in [-0.05, 0) is 18.1 Å². The molecule has 0 saturated carbocycles. The predicted molar refractivity (Wildman–Crippen MR) is 110 cm³/mol. The molecule has 28 heavy (non-hydrogen) atoms. The van der Waals surface area contributed by atoms with Crippen molar-refractivity contribution in [3.05, 3.63) is 59.7 Å². The molecule has 0 saturated heterocycles. The van der Waals surface area contributed by atoms with Crippen LogP contribution in [-0.2, 0) is 16.1 Å². The van der Waals surface area contributed by atoms with E-state index in [0.717, 1.165) is 22.6 Å². The second kappa shape index (κ2) is 8.78. The molecule has 0 aromatic heterocycles. The van der Waals surface area contributed by atoms with Crippen LogP contribution in [0.3, 0.4) is 0 Å². The molecule has 6 nitrogen and oxygen atoms in total. The maximum absolute atomic E-state index is 11.9. The summed E-state index contributed by atoms with van der Waals surface area (Å²) in [5.74, 6) is 1.54. The maximum atomic E-state index is 11.9. The second-order valence-electron chi connectivity index (χ2n) is 7.17. The topological polar surface area (TPSA) is 63.2 Å². The SMILES string of the molecule is COc1ccccc1CN1C(=NCC(C)C)Nc2ccccc2C1OC(C)=O. The molecular formula is C22H27N3O3. The second-order valence-corrected chi connectivity index (χ2v) is 7.17. The Hall–Kier alpha value is -3.02. The number of aliphatic imine (C=N–C) groups is 1. The summed E-state index contributed by atoms with van der Waals surface area (Å²) in [5.41, 5.74) is 2.78. The van der Waals surface area contributed by atoms with Crippen molar-refractivity contribution in [1.29, 1.82) is 0 Å². The first-order valence-electron chi connectivity index (χ1n) is 9.45. The van der Waals surface area contributed by atoms with Crippen molar-refractivity contribution in [1.82, 2.24) is 4.90 Å². The van der Waals surface area contributed by atoms with Gasteiger partial charge in [-0.2, -0.15) is 0 Å². The van der Waals surface area contributed by atoms with Crippen LogP contribution in [0.5, 0.6) is 5.75 Å². The molecule has 0 fully saturated rings. The van der Waals surface area contributed by atoms with Gasteiger partial charge in [0, 0.05) is 30.3 Å². The van der Waals surface area contributed by atoms with Crippen LogP contribution in [0.2, 0.25) is 0 Å². The first kappa shape index (κ1) is 19.7. The van der Waals surface area contributed by atoms with Gasteiger partial charge in [0.25, 0.3) is 0 Å². The van der Waals surface area contributed by atoms with Crippen LogP contribution >= 0.6 is 0 Å². The molecule has 6 heteroatoms. The van der Waals surface area contributed by atoms with Crippen molar-refractivity contribution >= 4 is 17.6 Å². The summed E-state index contributed by atoms with van der Waals surface area (Å²) >= 11 is 0. The lowest BCUT2D eigenvalue weighted by molar-refractivity contribution is -0.154. The van der Waals surface area contributed by atoms with E-state index in [0.29, 0.717) is 25.0 Å². The Labute approximate surface area is 166 Å². The van der Waals surface area contributed by atoms with Gasteiger partial charge < -0.3 is 14.8 Å². The van der Waals surface area contributed by atoms with E-state index < -0.39 is 6.23 Å². The zero-order valence-corrected chi connectivity index (χ0v) is 16.8. The highest BCUT2D eigenvalue weighted by atomic mass is 16.6. The summed E-state index contributed by atoms with van der Waals surface area (Å²) in [6.07, 6.45) is -0.564. The van der Waals surface area contributed by atoms with Crippen molar-refractivity contribution < 1.29 is 14.3 Å². The minimum absolute atomic E-state index is 0.338. The lowest BCUT2D eigenvalue weighted by Crippen LogP contribution is -2.44. The Morgan fingerprint density at radius 1 is 1.18 bits per heavy atom. The third-order valence-electron chi connectivity index (χ3n) is 4.45. The molecule has 0 spiro atoms. The largest absolute Gasteiger partial charge is 0.496 e. The molecule has 2 aromatic rings. The number of nitrogens with one attached hydrogen (secondary N) is 1. The van der Waals surface area contributed by atoms with E-state index >= 15 is 0 Å². The van der Waals surface area contributed by atoms with Crippen molar-refractivity contribution in [2.24, 2.45) is 10.9 Å². The first-order valence-corrected chi connectivity index (χ1v) is 9.45. The number of anilines is 1. The molecule has 1 unspecified atom stereocenters. The van der Waals surface area contributed by atoms with Gasteiger partial charge in [0.1, 0.15) is 5.75 Å². The van der Waals surface area contributed by atoms with Crippen LogP contribution < -0.4 is 10.1 Å². The quantitative estimate of drug-likeness (QED) is 0.760. The zero-order valence-electron chi connectivity index (χ0n) is 16.8. The molecule has 0 radical (unpaired) electrons. The standard InChI is InChI=1S/C22H27N3O3/c1-15(2)13-23-22-24-19-11-7-6-10-18(19)21(28-16(3)26)25(22)14-17-9-5-8-12-20(17)27-4/h5-12,15,21H,13-14H2,1-4H3,(H,23,24). The Morgan fingerprint density at radius 2 is 1.89 bits per heavy atom. The van der Waals surface area contributed by atoms with E-state index in [1.54, 1.807) is 7.11 Å². The van der Waals surface area contributed by atoms with E-state index in [2.05, 4.69) is 19.2 Å². The van der Waals surface area contributed by atoms with Gasteiger partial charge in [0.15, 0.2) is 0 Å². The van der Waals surface area contributed by atoms with E-state index in [-0.39, 0.29) is 5.97 Å². The normalized spacial score (nSPS) is 17.2. The zero-order chi connectivity index (χ0) is 20.1. The number of carbonyl (C=O) groups is 1. The molecule has 0 bridgehead atoms. The summed E-state index contributed by atoms with van der Waals surface area (Å²) in [7, 11) is 1.65. The lowest BCUT2D eigenvalue weighted by atomic mass is 10.1. The van der Waals surface area contributed by atoms with Gasteiger partial charge in [0.2, 0.25) is 12.2 Å². The molecule has 1 aliphatic rings. The summed E-state index contributed by atoms with van der Waals surface area (Å²) in [6.45, 7) is 6.82. The molecule has 1 heterocycles. The number of nitrogens with zero attached hydrogens (tertiary/aromatic N) is 2. The average molecular weight is 381 g/mol. The fourth-order valence-corrected chi connectivity index (χ4v) is 3.16. The van der Waals surface area contributed by atoms with Crippen molar-refractivity contribution in [2.75, 3.05) is 19.0 Å². The van der Waals surface area contributed by atoms with Crippen molar-refractivity contribution in [3.8, 4) is 5.75 Å². The van der Waals surface area contributed by atoms with Gasteiger partial charge in [0.05, 0.1) is 13.7 Å². The van der Waals surface area contributed by atoms with Gasteiger partial charge in [-0.15, -0.1) is 0 Å². The maximum Gasteiger partial charge on any atom is 0.304 e. The van der Waals surface area contributed by atoms with Crippen LogP contribution in [-0.4, -0.2) is 30.5 Å². The fourth-order valence-electron chi connectivity index (χ4n) is 3.16. The summed E-state index contributed by atoms with van der Waals surface area (Å²) in [5, 5.41) is 3.41. The molecule has 0 amide bonds. The monoisotopic (exact) mass is 381 g/mol. The highest BCUT2D eigenvalue weighted by Gasteiger charge is 2.33. The van der Waals surface area contributed by atoms with Gasteiger partial charge in [-0.3, -0.25) is 14.7 Å². The number of rotatable bonds is 6. The predicted octanol–water partition coefficient (Wildman–Crippen LogP) is 4.20. The number of methoxy groups -OCH3 is 1. The fraction of sp³-hybridized carbons (Fsp3) is 0.364. The highest BCUT2D eigenvalue weighted by molar-refractivity contribution is 5.97. The molecule has 0 aliphatic carbocycles. The van der Waals surface area contributed by atoms with Gasteiger partial charge in [-0.25, -0.2) is 0 Å². The third kappa shape index (κ3) is 4.44. The molecular weight excluding hydrogens is 354 g/mol. The van der Waals surface area contributed by atoms with E-state index in [9.17, 15) is 4.79 Å². The van der Waals surface area contributed by atoms with E-state index in [4.69, 9.17) is 14.5 Å². The van der Waals surface area contributed by atoms with Crippen LogP contribution in [0.4, 0.5) is 5.69 Å². The third-order valence-corrected chi connectivity index (χ3v) is 4.45. The number of ether oxygens (including phenoxy) is 2. The highest BCUT2D eigenvalue weighted by Crippen LogP contribution is 2.36. The average Bonchev–Trinajstić information content (AvgIpc) is 2.68. The molecule has 1 atom stereocenters. The molecule has 3 rings (SSSR count). The number of carbonyl (C=O) groups excluding carboxylic acids is 1. The van der Waals surface area contributed by atoms with E-state index in [1.165, 1.54) is 6.92 Å². The summed E-state index contributed by atoms with van der Waals surface area (Å²) in [6, 6.07) is 15.7. The number of hydrogen-bond donors (Lipinski definition) is 1. The number of para-hydroxylation sites is 2. The summed E-state index contributed by atoms with van der Waals surface area (Å²) in [4.78, 5) is 18.6. The lowest BCUT2D eigenvalue weighted by Gasteiger charge is -2.39. The minimum atomic E-state index is -0.564. The van der Waals surface area contributed by atoms with Crippen LogP contribution in [0.25, 0.3) is 0 Å².